The summed E-state index contributed by atoms with van der Waals surface area (Å²) >= 11 is 0. The maximum absolute atomic E-state index is 12.6. The third-order valence-corrected chi connectivity index (χ3v) is 4.83. The van der Waals surface area contributed by atoms with Crippen LogP contribution in [0, 0.1) is 0 Å². The molecule has 5 nitrogen and oxygen atoms in total. The van der Waals surface area contributed by atoms with Gasteiger partial charge in [-0.25, -0.2) is 0 Å². The molecule has 1 aromatic rings. The lowest BCUT2D eigenvalue weighted by molar-refractivity contribution is -0.137. The van der Waals surface area contributed by atoms with Gasteiger partial charge in [-0.3, -0.25) is 4.99 Å². The van der Waals surface area contributed by atoms with Crippen LogP contribution in [0.3, 0.4) is 0 Å². The molecule has 1 aliphatic rings. The Morgan fingerprint density at radius 3 is 2.26 bits per heavy atom. The van der Waals surface area contributed by atoms with E-state index in [1.807, 2.05) is 32.9 Å². The number of hydrogen-bond donors (Lipinski definition) is 3. The van der Waals surface area contributed by atoms with Crippen LogP contribution in [0.15, 0.2) is 64.8 Å². The maximum atomic E-state index is 12.6. The number of benzene rings is 1. The van der Waals surface area contributed by atoms with Gasteiger partial charge in [0.15, 0.2) is 0 Å². The van der Waals surface area contributed by atoms with Crippen molar-refractivity contribution in [2.45, 2.75) is 64.4 Å². The van der Waals surface area contributed by atoms with Crippen molar-refractivity contribution in [3.63, 3.8) is 0 Å². The lowest BCUT2D eigenvalue weighted by Gasteiger charge is -2.22. The first-order valence-corrected chi connectivity index (χ1v) is 9.68. The van der Waals surface area contributed by atoms with Crippen molar-refractivity contribution in [3.8, 4) is 0 Å². The fraction of sp³-hybridized carbons (Fsp3) is 0.435. The van der Waals surface area contributed by atoms with Crippen molar-refractivity contribution in [2.75, 3.05) is 0 Å². The highest BCUT2D eigenvalue weighted by atomic mass is 19.4. The van der Waals surface area contributed by atoms with E-state index in [0.717, 1.165) is 29.0 Å². The van der Waals surface area contributed by atoms with Gasteiger partial charge in [0.2, 0.25) is 0 Å². The van der Waals surface area contributed by atoms with Crippen LogP contribution in [0.4, 0.5) is 13.2 Å². The van der Waals surface area contributed by atoms with Crippen molar-refractivity contribution in [1.29, 1.82) is 0 Å². The molecule has 31 heavy (non-hydrogen) atoms. The molecule has 0 spiro atoms. The molecule has 0 saturated carbocycles. The number of allylic oxidation sites excluding steroid dienone is 5. The molecule has 0 aliphatic carbocycles. The van der Waals surface area contributed by atoms with Gasteiger partial charge in [0.05, 0.1) is 11.7 Å². The number of rotatable bonds is 5. The van der Waals surface area contributed by atoms with Gasteiger partial charge in [0, 0.05) is 5.70 Å². The van der Waals surface area contributed by atoms with Gasteiger partial charge in [-0.05, 0) is 63.3 Å². The van der Waals surface area contributed by atoms with Crippen LogP contribution in [0.1, 0.15) is 44.9 Å². The topological polar surface area (TPSA) is 82.3 Å². The number of aliphatic hydroxyl groups excluding tert-OH is 3. The van der Waals surface area contributed by atoms with Crippen LogP contribution in [-0.2, 0) is 10.9 Å². The summed E-state index contributed by atoms with van der Waals surface area (Å²) in [7, 11) is 0. The highest BCUT2D eigenvalue weighted by Gasteiger charge is 2.44. The second-order valence-electron chi connectivity index (χ2n) is 7.29. The quantitative estimate of drug-likeness (QED) is 0.468. The zero-order valence-electron chi connectivity index (χ0n) is 18.1. The Hall–Kier alpha value is -2.26. The van der Waals surface area contributed by atoms with Crippen LogP contribution in [0.25, 0.3) is 0 Å². The summed E-state index contributed by atoms with van der Waals surface area (Å²) in [6.07, 6.45) is -6.40. The van der Waals surface area contributed by atoms with Crippen LogP contribution in [0.2, 0.25) is 0 Å². The Bertz CT molecular complexity index is 832. The number of aliphatic imine (C=N–C) groups is 1. The molecule has 0 radical (unpaired) electrons. The summed E-state index contributed by atoms with van der Waals surface area (Å²) in [4.78, 5) is 3.85. The van der Waals surface area contributed by atoms with Crippen molar-refractivity contribution in [2.24, 2.45) is 4.99 Å². The molecule has 172 valence electrons. The van der Waals surface area contributed by atoms with Crippen molar-refractivity contribution < 1.29 is 33.2 Å². The fourth-order valence-corrected chi connectivity index (χ4v) is 3.05. The zero-order chi connectivity index (χ0) is 23.9. The zero-order valence-corrected chi connectivity index (χ0v) is 18.1. The molecule has 0 amide bonds. The van der Waals surface area contributed by atoms with E-state index in [9.17, 15) is 28.5 Å². The number of hydrogen-bond acceptors (Lipinski definition) is 5. The Morgan fingerprint density at radius 2 is 1.84 bits per heavy atom. The molecule has 2 rings (SSSR count). The molecule has 1 aliphatic heterocycles. The van der Waals surface area contributed by atoms with Crippen molar-refractivity contribution >= 4 is 6.72 Å². The van der Waals surface area contributed by atoms with E-state index in [1.54, 1.807) is 0 Å². The third kappa shape index (κ3) is 7.14. The molecular weight excluding hydrogens is 411 g/mol. The predicted octanol–water partition coefficient (Wildman–Crippen LogP) is 4.36. The van der Waals surface area contributed by atoms with E-state index in [0.29, 0.717) is 0 Å². The lowest BCUT2D eigenvalue weighted by atomic mass is 9.97. The Balaban J connectivity index is 0.000000373. The SMILES string of the molecule is C=N/C(C)=C(/C=C\C)C(=C)C.CC1OC(C(O)c2cccc(C(F)(F)F)c2)C(O)C1O. The lowest BCUT2D eigenvalue weighted by Crippen LogP contribution is -2.35. The van der Waals surface area contributed by atoms with Gasteiger partial charge >= 0.3 is 6.18 Å². The summed E-state index contributed by atoms with van der Waals surface area (Å²) in [6.45, 7) is 14.7. The van der Waals surface area contributed by atoms with E-state index in [2.05, 4.69) is 18.3 Å². The third-order valence-electron chi connectivity index (χ3n) is 4.83. The maximum Gasteiger partial charge on any atom is 0.416 e. The van der Waals surface area contributed by atoms with Crippen molar-refractivity contribution in [3.05, 3.63) is 71.0 Å². The van der Waals surface area contributed by atoms with E-state index in [-0.39, 0.29) is 5.56 Å². The molecule has 0 aromatic heterocycles. The largest absolute Gasteiger partial charge is 0.416 e. The molecule has 1 heterocycles. The second kappa shape index (κ2) is 11.4. The number of alkyl halides is 3. The molecule has 0 bridgehead atoms. The number of halogens is 3. The van der Waals surface area contributed by atoms with E-state index >= 15 is 0 Å². The minimum absolute atomic E-state index is 0.0230. The first-order valence-electron chi connectivity index (χ1n) is 9.68. The Kier molecular flexibility index (Phi) is 9.83. The number of ether oxygens (including phenoxy) is 1. The van der Waals surface area contributed by atoms with Crippen LogP contribution < -0.4 is 0 Å². The minimum Gasteiger partial charge on any atom is -0.388 e. The highest BCUT2D eigenvalue weighted by molar-refractivity contribution is 5.42. The summed E-state index contributed by atoms with van der Waals surface area (Å²) in [5.74, 6) is 0. The normalized spacial score (nSPS) is 25.5. The van der Waals surface area contributed by atoms with E-state index in [1.165, 1.54) is 19.1 Å². The van der Waals surface area contributed by atoms with Crippen LogP contribution >= 0.6 is 0 Å². The number of aliphatic hydroxyl groups is 3. The molecule has 1 saturated heterocycles. The van der Waals surface area contributed by atoms with Gasteiger partial charge in [-0.15, -0.1) is 0 Å². The van der Waals surface area contributed by atoms with Crippen LogP contribution in [-0.4, -0.2) is 46.5 Å². The summed E-state index contributed by atoms with van der Waals surface area (Å²) in [6, 6.07) is 4.17. The fourth-order valence-electron chi connectivity index (χ4n) is 3.05. The predicted molar refractivity (Wildman–Crippen MR) is 115 cm³/mol. The first kappa shape index (κ1) is 26.8. The molecule has 8 heteroatoms. The van der Waals surface area contributed by atoms with E-state index < -0.39 is 42.3 Å². The standard InChI is InChI=1S/C13H15F3O4.C10H15N/c1-6-9(17)11(19)12(20-6)10(18)7-3-2-4-8(5-7)13(14,15)16;1-6-7-10(8(2)3)9(4)11-5/h2-6,9-12,17-19H,1H3;6-7H,2,5H2,1,3-4H3/b;7-6-,10-9-. The first-order chi connectivity index (χ1) is 14.3. The van der Waals surface area contributed by atoms with Gasteiger partial charge in [-0.2, -0.15) is 13.2 Å². The van der Waals surface area contributed by atoms with Crippen LogP contribution in [0.5, 0.6) is 0 Å². The monoisotopic (exact) mass is 441 g/mol. The summed E-state index contributed by atoms with van der Waals surface area (Å²) < 4.78 is 43.0. The Labute approximate surface area is 180 Å². The summed E-state index contributed by atoms with van der Waals surface area (Å²) in [5.41, 5.74) is 2.10. The van der Waals surface area contributed by atoms with Gasteiger partial charge in [0.1, 0.15) is 24.4 Å². The molecule has 1 fully saturated rings. The molecular formula is C23H30F3NO4. The minimum atomic E-state index is -4.52. The Morgan fingerprint density at radius 1 is 1.23 bits per heavy atom. The smallest absolute Gasteiger partial charge is 0.388 e. The van der Waals surface area contributed by atoms with Gasteiger partial charge < -0.3 is 20.1 Å². The summed E-state index contributed by atoms with van der Waals surface area (Å²) in [5, 5.41) is 29.3. The van der Waals surface area contributed by atoms with Gasteiger partial charge in [-0.1, -0.05) is 30.9 Å². The van der Waals surface area contributed by atoms with Gasteiger partial charge in [0.25, 0.3) is 0 Å². The number of nitrogens with zero attached hydrogens (tertiary/aromatic N) is 1. The average molecular weight is 441 g/mol. The molecule has 5 atom stereocenters. The molecule has 3 N–H and O–H groups in total. The second-order valence-corrected chi connectivity index (χ2v) is 7.29. The average Bonchev–Trinajstić information content (AvgIpc) is 2.98. The van der Waals surface area contributed by atoms with Crippen molar-refractivity contribution in [1.82, 2.24) is 0 Å². The highest BCUT2D eigenvalue weighted by Crippen LogP contribution is 2.34. The molecule has 1 aromatic carbocycles. The molecule has 5 unspecified atom stereocenters. The van der Waals surface area contributed by atoms with E-state index in [4.69, 9.17) is 4.74 Å².